The Labute approximate surface area is 101 Å². The van der Waals surface area contributed by atoms with Gasteiger partial charge < -0.3 is 0 Å². The van der Waals surface area contributed by atoms with Gasteiger partial charge in [0, 0.05) is 0 Å². The van der Waals surface area contributed by atoms with Gasteiger partial charge in [0.05, 0.1) is 6.04 Å². The van der Waals surface area contributed by atoms with Crippen LogP contribution in [0.4, 0.5) is 4.39 Å². The summed E-state index contributed by atoms with van der Waals surface area (Å²) in [5.41, 5.74) is 0.875. The van der Waals surface area contributed by atoms with Crippen molar-refractivity contribution >= 4 is 0 Å². The van der Waals surface area contributed by atoms with E-state index in [-0.39, 0.29) is 11.9 Å². The van der Waals surface area contributed by atoms with Crippen molar-refractivity contribution in [3.05, 3.63) is 40.6 Å². The van der Waals surface area contributed by atoms with Crippen molar-refractivity contribution in [2.24, 2.45) is 11.1 Å². The molecule has 92 valence electrons. The lowest BCUT2D eigenvalue weighted by molar-refractivity contribution is 0.303. The lowest BCUT2D eigenvalue weighted by atomic mass is 9.82. The molecular weight excluding hydrogens is 217 g/mol. The molecule has 1 saturated carbocycles. The fourth-order valence-electron chi connectivity index (χ4n) is 2.71. The third kappa shape index (κ3) is 3.35. The second-order valence-corrected chi connectivity index (χ2v) is 4.90. The van der Waals surface area contributed by atoms with Crippen LogP contribution < -0.4 is 0 Å². The SMILES string of the molecule is O=NC(Cc1cccc(F)c1)C1CCCCC1. The molecule has 17 heavy (non-hydrogen) atoms. The van der Waals surface area contributed by atoms with E-state index in [1.54, 1.807) is 6.07 Å². The molecule has 1 aliphatic rings. The Morgan fingerprint density at radius 3 is 2.71 bits per heavy atom. The van der Waals surface area contributed by atoms with Crippen LogP contribution in [0.25, 0.3) is 0 Å². The molecule has 0 radical (unpaired) electrons. The summed E-state index contributed by atoms with van der Waals surface area (Å²) < 4.78 is 13.1. The van der Waals surface area contributed by atoms with E-state index in [9.17, 15) is 9.30 Å². The lowest BCUT2D eigenvalue weighted by Crippen LogP contribution is -2.23. The molecule has 0 spiro atoms. The molecule has 0 N–H and O–H groups in total. The highest BCUT2D eigenvalue weighted by Crippen LogP contribution is 2.29. The fourth-order valence-corrected chi connectivity index (χ4v) is 2.71. The van der Waals surface area contributed by atoms with Crippen molar-refractivity contribution in [2.45, 2.75) is 44.6 Å². The van der Waals surface area contributed by atoms with Gasteiger partial charge in [-0.05, 0) is 42.9 Å². The molecule has 0 heterocycles. The highest BCUT2D eigenvalue weighted by molar-refractivity contribution is 5.17. The summed E-state index contributed by atoms with van der Waals surface area (Å²) in [4.78, 5) is 10.9. The van der Waals surface area contributed by atoms with E-state index in [0.29, 0.717) is 12.3 Å². The van der Waals surface area contributed by atoms with E-state index in [2.05, 4.69) is 5.18 Å². The van der Waals surface area contributed by atoms with Crippen molar-refractivity contribution in [3.63, 3.8) is 0 Å². The molecule has 2 rings (SSSR count). The van der Waals surface area contributed by atoms with Crippen molar-refractivity contribution in [1.29, 1.82) is 0 Å². The van der Waals surface area contributed by atoms with E-state index in [0.717, 1.165) is 18.4 Å². The highest BCUT2D eigenvalue weighted by atomic mass is 19.1. The molecule has 3 heteroatoms. The monoisotopic (exact) mass is 235 g/mol. The number of hydrogen-bond donors (Lipinski definition) is 0. The second-order valence-electron chi connectivity index (χ2n) is 4.90. The molecule has 1 aromatic carbocycles. The quantitative estimate of drug-likeness (QED) is 0.723. The zero-order valence-electron chi connectivity index (χ0n) is 9.94. The van der Waals surface area contributed by atoms with Gasteiger partial charge in [-0.15, -0.1) is 0 Å². The Bertz CT molecular complexity index is 374. The Balaban J connectivity index is 2.01. The normalized spacial score (nSPS) is 18.9. The van der Waals surface area contributed by atoms with E-state index >= 15 is 0 Å². The lowest BCUT2D eigenvalue weighted by Gasteiger charge is -2.25. The predicted octanol–water partition coefficient (Wildman–Crippen LogP) is 4.08. The van der Waals surface area contributed by atoms with Crippen LogP contribution in [0, 0.1) is 16.6 Å². The second kappa shape index (κ2) is 5.89. The third-order valence-electron chi connectivity index (χ3n) is 3.66. The van der Waals surface area contributed by atoms with E-state index in [4.69, 9.17) is 0 Å². The zero-order valence-corrected chi connectivity index (χ0v) is 9.94. The molecule has 1 aromatic rings. The first-order valence-electron chi connectivity index (χ1n) is 6.36. The molecule has 1 unspecified atom stereocenters. The summed E-state index contributed by atoms with van der Waals surface area (Å²) in [6.45, 7) is 0. The molecule has 1 aliphatic carbocycles. The standard InChI is InChI=1S/C14H18FNO/c15-13-8-4-5-11(9-13)10-14(16-17)12-6-2-1-3-7-12/h4-5,8-9,12,14H,1-3,6-7,10H2. The van der Waals surface area contributed by atoms with Crippen molar-refractivity contribution < 1.29 is 4.39 Å². The third-order valence-corrected chi connectivity index (χ3v) is 3.66. The molecule has 0 amide bonds. The van der Waals surface area contributed by atoms with Gasteiger partial charge in [0.15, 0.2) is 0 Å². The van der Waals surface area contributed by atoms with Gasteiger partial charge >= 0.3 is 0 Å². The molecule has 0 aliphatic heterocycles. The number of benzene rings is 1. The molecule has 0 aromatic heterocycles. The van der Waals surface area contributed by atoms with Gasteiger partial charge in [-0.25, -0.2) is 4.39 Å². The Morgan fingerprint density at radius 2 is 2.06 bits per heavy atom. The van der Waals surface area contributed by atoms with Crippen molar-refractivity contribution in [2.75, 3.05) is 0 Å². The summed E-state index contributed by atoms with van der Waals surface area (Å²) in [5.74, 6) is 0.153. The van der Waals surface area contributed by atoms with Crippen LogP contribution in [-0.4, -0.2) is 6.04 Å². The van der Waals surface area contributed by atoms with Gasteiger partial charge in [-0.3, -0.25) is 0 Å². The Hall–Kier alpha value is -1.25. The van der Waals surface area contributed by atoms with Gasteiger partial charge in [0.25, 0.3) is 0 Å². The minimum atomic E-state index is -0.240. The van der Waals surface area contributed by atoms with Crippen LogP contribution in [0.1, 0.15) is 37.7 Å². The summed E-state index contributed by atoms with van der Waals surface area (Å²) in [6.07, 6.45) is 6.41. The number of nitrogens with zero attached hydrogens (tertiary/aromatic N) is 1. The molecule has 2 nitrogen and oxygen atoms in total. The summed E-state index contributed by atoms with van der Waals surface area (Å²) in [6, 6.07) is 6.29. The Morgan fingerprint density at radius 1 is 1.29 bits per heavy atom. The van der Waals surface area contributed by atoms with E-state index in [1.807, 2.05) is 6.07 Å². The smallest absolute Gasteiger partial charge is 0.123 e. The van der Waals surface area contributed by atoms with Crippen LogP contribution in [0.15, 0.2) is 29.4 Å². The predicted molar refractivity (Wildman–Crippen MR) is 66.3 cm³/mol. The number of nitroso groups, excluding NO2 is 1. The van der Waals surface area contributed by atoms with Crippen LogP contribution in [-0.2, 0) is 6.42 Å². The van der Waals surface area contributed by atoms with Crippen molar-refractivity contribution in [3.8, 4) is 0 Å². The maximum absolute atomic E-state index is 13.1. The first-order valence-corrected chi connectivity index (χ1v) is 6.36. The highest BCUT2D eigenvalue weighted by Gasteiger charge is 2.24. The summed E-state index contributed by atoms with van der Waals surface area (Å²) in [5, 5.41) is 3.26. The van der Waals surface area contributed by atoms with Crippen LogP contribution in [0.3, 0.4) is 0 Å². The van der Waals surface area contributed by atoms with Crippen LogP contribution in [0.2, 0.25) is 0 Å². The van der Waals surface area contributed by atoms with Crippen LogP contribution >= 0.6 is 0 Å². The summed E-state index contributed by atoms with van der Waals surface area (Å²) in [7, 11) is 0. The maximum Gasteiger partial charge on any atom is 0.123 e. The average molecular weight is 235 g/mol. The summed E-state index contributed by atoms with van der Waals surface area (Å²) >= 11 is 0. The Kier molecular flexibility index (Phi) is 4.24. The maximum atomic E-state index is 13.1. The van der Waals surface area contributed by atoms with Crippen molar-refractivity contribution in [1.82, 2.24) is 0 Å². The first-order chi connectivity index (χ1) is 8.29. The topological polar surface area (TPSA) is 29.4 Å². The number of halogens is 1. The number of rotatable bonds is 4. The minimum Gasteiger partial charge on any atom is -0.207 e. The zero-order chi connectivity index (χ0) is 12.1. The van der Waals surface area contributed by atoms with Crippen LogP contribution in [0.5, 0.6) is 0 Å². The molecule has 0 bridgehead atoms. The first kappa shape index (κ1) is 12.2. The molecule has 1 atom stereocenters. The van der Waals surface area contributed by atoms with Gasteiger partial charge in [-0.1, -0.05) is 36.6 Å². The number of hydrogen-bond acceptors (Lipinski definition) is 2. The average Bonchev–Trinajstić information content (AvgIpc) is 2.37. The molecular formula is C14H18FNO. The van der Waals surface area contributed by atoms with Gasteiger partial charge in [0.1, 0.15) is 5.82 Å². The van der Waals surface area contributed by atoms with E-state index in [1.165, 1.54) is 31.4 Å². The minimum absolute atomic E-state index is 0.183. The van der Waals surface area contributed by atoms with Gasteiger partial charge in [0.2, 0.25) is 0 Å². The van der Waals surface area contributed by atoms with Gasteiger partial charge in [-0.2, -0.15) is 4.91 Å². The van der Waals surface area contributed by atoms with E-state index < -0.39 is 0 Å². The fraction of sp³-hybridized carbons (Fsp3) is 0.571. The largest absolute Gasteiger partial charge is 0.207 e. The molecule has 1 fully saturated rings. The molecule has 0 saturated heterocycles.